The van der Waals surface area contributed by atoms with Crippen molar-refractivity contribution in [3.63, 3.8) is 0 Å². The second kappa shape index (κ2) is 4.06. The Morgan fingerprint density at radius 3 is 3.21 bits per heavy atom. The van der Waals surface area contributed by atoms with Crippen molar-refractivity contribution in [3.05, 3.63) is 16.6 Å². The summed E-state index contributed by atoms with van der Waals surface area (Å²) in [7, 11) is 0. The van der Waals surface area contributed by atoms with Gasteiger partial charge in [0.1, 0.15) is 0 Å². The molecule has 2 N–H and O–H groups in total. The van der Waals surface area contributed by atoms with Crippen LogP contribution in [0.2, 0.25) is 0 Å². The predicted octanol–water partition coefficient (Wildman–Crippen LogP) is 0.682. The zero-order chi connectivity index (χ0) is 9.97. The van der Waals surface area contributed by atoms with Crippen LogP contribution in [0.4, 0.5) is 0 Å². The van der Waals surface area contributed by atoms with Crippen molar-refractivity contribution in [2.45, 2.75) is 25.4 Å². The number of hydrogen-bond acceptors (Lipinski definition) is 4. The monoisotopic (exact) mass is 211 g/mol. The molecule has 1 fully saturated rings. The first kappa shape index (κ1) is 9.61. The minimum Gasteiger partial charge on any atom is -0.354 e. The van der Waals surface area contributed by atoms with Crippen LogP contribution in [-0.2, 0) is 4.79 Å². The van der Waals surface area contributed by atoms with Crippen molar-refractivity contribution in [1.82, 2.24) is 15.6 Å². The average Bonchev–Trinajstić information content (AvgIpc) is 2.75. The van der Waals surface area contributed by atoms with Crippen molar-refractivity contribution in [1.29, 1.82) is 0 Å². The highest BCUT2D eigenvalue weighted by atomic mass is 32.1. The van der Waals surface area contributed by atoms with E-state index in [1.165, 1.54) is 0 Å². The summed E-state index contributed by atoms with van der Waals surface area (Å²) in [5, 5.41) is 8.20. The maximum Gasteiger partial charge on any atom is 0.221 e. The van der Waals surface area contributed by atoms with Gasteiger partial charge in [0.25, 0.3) is 0 Å². The van der Waals surface area contributed by atoms with Crippen LogP contribution in [0.15, 0.2) is 10.9 Å². The van der Waals surface area contributed by atoms with Gasteiger partial charge in [0.2, 0.25) is 5.91 Å². The normalized spacial score (nSPS) is 23.5. The summed E-state index contributed by atoms with van der Waals surface area (Å²) in [5.41, 5.74) is 2.88. The van der Waals surface area contributed by atoms with E-state index in [0.717, 1.165) is 12.2 Å². The highest BCUT2D eigenvalue weighted by Crippen LogP contribution is 2.14. The third kappa shape index (κ3) is 2.10. The molecule has 0 bridgehead atoms. The molecule has 0 spiro atoms. The van der Waals surface area contributed by atoms with Gasteiger partial charge in [-0.3, -0.25) is 4.79 Å². The molecular formula is C9H13N3OS. The number of aromatic nitrogens is 1. The van der Waals surface area contributed by atoms with Crippen molar-refractivity contribution in [2.24, 2.45) is 0 Å². The predicted molar refractivity (Wildman–Crippen MR) is 55.1 cm³/mol. The quantitative estimate of drug-likeness (QED) is 0.773. The van der Waals surface area contributed by atoms with Gasteiger partial charge in [0.05, 0.1) is 11.2 Å². The Bertz CT molecular complexity index is 312. The van der Waals surface area contributed by atoms with E-state index in [2.05, 4.69) is 22.5 Å². The first-order valence-electron chi connectivity index (χ1n) is 4.66. The SMILES string of the molecule is CC(NC1CNC(=O)C1)c1cscn1. The van der Waals surface area contributed by atoms with E-state index in [4.69, 9.17) is 0 Å². The van der Waals surface area contributed by atoms with Gasteiger partial charge in [0, 0.05) is 30.4 Å². The van der Waals surface area contributed by atoms with E-state index in [1.807, 2.05) is 10.9 Å². The minimum absolute atomic E-state index is 0.132. The van der Waals surface area contributed by atoms with Crippen LogP contribution >= 0.6 is 11.3 Å². The largest absolute Gasteiger partial charge is 0.354 e. The molecule has 0 aromatic carbocycles. The number of nitrogens with one attached hydrogen (secondary N) is 2. The van der Waals surface area contributed by atoms with E-state index in [1.54, 1.807) is 11.3 Å². The molecule has 14 heavy (non-hydrogen) atoms. The number of carbonyl (C=O) groups is 1. The van der Waals surface area contributed by atoms with Gasteiger partial charge in [0.15, 0.2) is 0 Å². The third-order valence-electron chi connectivity index (χ3n) is 2.36. The zero-order valence-corrected chi connectivity index (χ0v) is 8.80. The molecule has 1 amide bonds. The van der Waals surface area contributed by atoms with Gasteiger partial charge in [-0.25, -0.2) is 4.98 Å². The molecule has 1 aliphatic heterocycles. The highest BCUT2D eigenvalue weighted by Gasteiger charge is 2.23. The summed E-state index contributed by atoms with van der Waals surface area (Å²) in [4.78, 5) is 15.2. The fourth-order valence-electron chi connectivity index (χ4n) is 1.60. The van der Waals surface area contributed by atoms with Crippen LogP contribution in [0.3, 0.4) is 0 Å². The van der Waals surface area contributed by atoms with Crippen LogP contribution in [0.5, 0.6) is 0 Å². The van der Waals surface area contributed by atoms with Crippen molar-refractivity contribution in [3.8, 4) is 0 Å². The van der Waals surface area contributed by atoms with Crippen LogP contribution in [0.25, 0.3) is 0 Å². The Balaban J connectivity index is 1.89. The van der Waals surface area contributed by atoms with Crippen molar-refractivity contribution < 1.29 is 4.79 Å². The molecule has 0 saturated carbocycles. The van der Waals surface area contributed by atoms with Crippen LogP contribution in [0.1, 0.15) is 25.1 Å². The molecule has 1 saturated heterocycles. The molecule has 1 aromatic heterocycles. The molecule has 2 atom stereocenters. The molecule has 4 nitrogen and oxygen atoms in total. The molecule has 2 heterocycles. The van der Waals surface area contributed by atoms with Gasteiger partial charge >= 0.3 is 0 Å². The Morgan fingerprint density at radius 1 is 1.79 bits per heavy atom. The van der Waals surface area contributed by atoms with E-state index >= 15 is 0 Å². The Morgan fingerprint density at radius 2 is 2.64 bits per heavy atom. The number of carbonyl (C=O) groups excluding carboxylic acids is 1. The standard InChI is InChI=1S/C9H13N3OS/c1-6(8-4-14-5-11-8)12-7-2-9(13)10-3-7/h4-7,12H,2-3H2,1H3,(H,10,13). The molecule has 0 aliphatic carbocycles. The summed E-state index contributed by atoms with van der Waals surface area (Å²) < 4.78 is 0. The molecule has 0 radical (unpaired) electrons. The second-order valence-electron chi connectivity index (χ2n) is 3.51. The van der Waals surface area contributed by atoms with Gasteiger partial charge < -0.3 is 10.6 Å². The van der Waals surface area contributed by atoms with Crippen LogP contribution in [-0.4, -0.2) is 23.5 Å². The first-order chi connectivity index (χ1) is 6.75. The fraction of sp³-hybridized carbons (Fsp3) is 0.556. The number of hydrogen-bond donors (Lipinski definition) is 2. The summed E-state index contributed by atoms with van der Waals surface area (Å²) in [6.07, 6.45) is 0.578. The molecule has 5 heteroatoms. The first-order valence-corrected chi connectivity index (χ1v) is 5.61. The lowest BCUT2D eigenvalue weighted by atomic mass is 10.2. The maximum atomic E-state index is 11.0. The van der Waals surface area contributed by atoms with E-state index in [-0.39, 0.29) is 18.0 Å². The molecular weight excluding hydrogens is 198 g/mol. The molecule has 1 aromatic rings. The Kier molecular flexibility index (Phi) is 2.79. The third-order valence-corrected chi connectivity index (χ3v) is 2.96. The smallest absolute Gasteiger partial charge is 0.221 e. The fourth-order valence-corrected chi connectivity index (χ4v) is 2.25. The van der Waals surface area contributed by atoms with Gasteiger partial charge in [-0.05, 0) is 6.92 Å². The Hall–Kier alpha value is -0.940. The number of amides is 1. The second-order valence-corrected chi connectivity index (χ2v) is 4.23. The van der Waals surface area contributed by atoms with Crippen molar-refractivity contribution in [2.75, 3.05) is 6.54 Å². The molecule has 76 valence electrons. The van der Waals surface area contributed by atoms with Crippen LogP contribution in [0, 0.1) is 0 Å². The molecule has 2 unspecified atom stereocenters. The number of rotatable bonds is 3. The molecule has 2 rings (SSSR count). The van der Waals surface area contributed by atoms with Gasteiger partial charge in [-0.2, -0.15) is 0 Å². The summed E-state index contributed by atoms with van der Waals surface area (Å²) >= 11 is 1.59. The van der Waals surface area contributed by atoms with Gasteiger partial charge in [-0.1, -0.05) is 0 Å². The van der Waals surface area contributed by atoms with E-state index in [0.29, 0.717) is 6.42 Å². The lowest BCUT2D eigenvalue weighted by molar-refractivity contribution is -0.119. The minimum atomic E-state index is 0.132. The Labute approximate surface area is 86.7 Å². The summed E-state index contributed by atoms with van der Waals surface area (Å²) in [5.74, 6) is 0.132. The number of thiazole rings is 1. The lowest BCUT2D eigenvalue weighted by Gasteiger charge is -2.15. The topological polar surface area (TPSA) is 54.0 Å². The summed E-state index contributed by atoms with van der Waals surface area (Å²) in [6, 6.07) is 0.471. The van der Waals surface area contributed by atoms with E-state index in [9.17, 15) is 4.79 Å². The lowest BCUT2D eigenvalue weighted by Crippen LogP contribution is -2.33. The van der Waals surface area contributed by atoms with Crippen molar-refractivity contribution >= 4 is 17.2 Å². The maximum absolute atomic E-state index is 11.0. The summed E-state index contributed by atoms with van der Waals surface area (Å²) in [6.45, 7) is 2.80. The average molecular weight is 211 g/mol. The highest BCUT2D eigenvalue weighted by molar-refractivity contribution is 7.07. The van der Waals surface area contributed by atoms with Crippen LogP contribution < -0.4 is 10.6 Å². The molecule has 1 aliphatic rings. The number of nitrogens with zero attached hydrogens (tertiary/aromatic N) is 1. The van der Waals surface area contributed by atoms with E-state index < -0.39 is 0 Å². The zero-order valence-electron chi connectivity index (χ0n) is 7.99. The van der Waals surface area contributed by atoms with Gasteiger partial charge in [-0.15, -0.1) is 11.3 Å².